The number of pyridine rings is 1. The van der Waals surface area contributed by atoms with E-state index < -0.39 is 4.92 Å². The second-order valence-corrected chi connectivity index (χ2v) is 3.02. The first-order valence-electron chi connectivity index (χ1n) is 4.70. The Kier molecular flexibility index (Phi) is 3.10. The summed E-state index contributed by atoms with van der Waals surface area (Å²) in [6.45, 7) is 0. The molecule has 7 heteroatoms. The highest BCUT2D eigenvalue weighted by Crippen LogP contribution is 2.13. The minimum Gasteiger partial charge on any atom is -0.400 e. The van der Waals surface area contributed by atoms with Crippen LogP contribution in [0.1, 0.15) is 5.76 Å². The topological polar surface area (TPSA) is 93.6 Å². The lowest BCUT2D eigenvalue weighted by Gasteiger charge is -1.95. The van der Waals surface area contributed by atoms with Crippen molar-refractivity contribution in [1.82, 2.24) is 4.98 Å². The Morgan fingerprint density at radius 3 is 2.94 bits per heavy atom. The molecule has 0 saturated carbocycles. The number of nitrogens with one attached hydrogen (secondary N) is 1. The van der Waals surface area contributed by atoms with Gasteiger partial charge in [-0.3, -0.25) is 15.5 Å². The predicted molar refractivity (Wildman–Crippen MR) is 60.8 cm³/mol. The summed E-state index contributed by atoms with van der Waals surface area (Å²) in [5, 5.41) is 14.2. The van der Waals surface area contributed by atoms with Crippen LogP contribution in [0.5, 0.6) is 0 Å². The van der Waals surface area contributed by atoms with Gasteiger partial charge in [-0.05, 0) is 18.2 Å². The Morgan fingerprint density at radius 2 is 2.29 bits per heavy atom. The summed E-state index contributed by atoms with van der Waals surface area (Å²) < 4.78 is 4.87. The van der Waals surface area contributed by atoms with Gasteiger partial charge < -0.3 is 4.42 Å². The molecule has 0 saturated heterocycles. The van der Waals surface area contributed by atoms with E-state index in [1.165, 1.54) is 18.3 Å². The largest absolute Gasteiger partial charge is 0.433 e. The number of hydrogen-bond acceptors (Lipinski definition) is 6. The van der Waals surface area contributed by atoms with Gasteiger partial charge in [-0.1, -0.05) is 6.07 Å². The van der Waals surface area contributed by atoms with Gasteiger partial charge in [0.15, 0.2) is 5.76 Å². The molecule has 1 N–H and O–H groups in total. The highest BCUT2D eigenvalue weighted by molar-refractivity contribution is 5.76. The highest BCUT2D eigenvalue weighted by atomic mass is 16.6. The van der Waals surface area contributed by atoms with Crippen LogP contribution in [0.25, 0.3) is 0 Å². The Balaban J connectivity index is 1.98. The minimum absolute atomic E-state index is 0.292. The third-order valence-corrected chi connectivity index (χ3v) is 1.83. The van der Waals surface area contributed by atoms with E-state index in [0.717, 1.165) is 0 Å². The fourth-order valence-electron chi connectivity index (χ4n) is 1.10. The van der Waals surface area contributed by atoms with Crippen LogP contribution in [-0.2, 0) is 0 Å². The maximum atomic E-state index is 10.4. The van der Waals surface area contributed by atoms with E-state index in [1.807, 2.05) is 6.07 Å². The molecular weight excluding hydrogens is 224 g/mol. The van der Waals surface area contributed by atoms with Gasteiger partial charge in [0.1, 0.15) is 10.7 Å². The molecule has 0 aliphatic rings. The molecule has 0 amide bonds. The lowest BCUT2D eigenvalue weighted by Crippen LogP contribution is -1.91. The van der Waals surface area contributed by atoms with Crippen molar-refractivity contribution in [1.29, 1.82) is 0 Å². The van der Waals surface area contributed by atoms with Crippen molar-refractivity contribution in [3.05, 3.63) is 52.4 Å². The lowest BCUT2D eigenvalue weighted by molar-refractivity contribution is -0.402. The Labute approximate surface area is 95.9 Å². The summed E-state index contributed by atoms with van der Waals surface area (Å²) in [6.07, 6.45) is 2.96. The van der Waals surface area contributed by atoms with Gasteiger partial charge in [0, 0.05) is 6.20 Å². The molecule has 2 rings (SSSR count). The maximum Gasteiger partial charge on any atom is 0.433 e. The first kappa shape index (κ1) is 10.8. The minimum atomic E-state index is -0.608. The van der Waals surface area contributed by atoms with Gasteiger partial charge >= 0.3 is 5.88 Å². The monoisotopic (exact) mass is 232 g/mol. The van der Waals surface area contributed by atoms with Gasteiger partial charge in [0.25, 0.3) is 0 Å². The Hall–Kier alpha value is -2.70. The molecule has 2 aromatic rings. The molecule has 0 unspecified atom stereocenters. The van der Waals surface area contributed by atoms with Crippen LogP contribution in [0.4, 0.5) is 11.7 Å². The molecule has 2 aromatic heterocycles. The molecular formula is C10H8N4O3. The van der Waals surface area contributed by atoms with Crippen molar-refractivity contribution in [3.8, 4) is 0 Å². The average Bonchev–Trinajstić information content (AvgIpc) is 2.79. The van der Waals surface area contributed by atoms with Crippen LogP contribution >= 0.6 is 0 Å². The molecule has 0 bridgehead atoms. The highest BCUT2D eigenvalue weighted by Gasteiger charge is 2.09. The zero-order valence-corrected chi connectivity index (χ0v) is 8.61. The number of hydrazone groups is 1. The Morgan fingerprint density at radius 1 is 1.41 bits per heavy atom. The van der Waals surface area contributed by atoms with Crippen LogP contribution in [0, 0.1) is 10.1 Å². The number of furan rings is 1. The summed E-state index contributed by atoms with van der Waals surface area (Å²) >= 11 is 0. The second kappa shape index (κ2) is 4.88. The van der Waals surface area contributed by atoms with Crippen LogP contribution in [0.2, 0.25) is 0 Å². The van der Waals surface area contributed by atoms with E-state index in [1.54, 1.807) is 18.3 Å². The summed E-state index contributed by atoms with van der Waals surface area (Å²) in [6, 6.07) is 8.05. The molecule has 0 atom stereocenters. The molecule has 7 nitrogen and oxygen atoms in total. The number of hydrogen-bond donors (Lipinski definition) is 1. The molecule has 17 heavy (non-hydrogen) atoms. The van der Waals surface area contributed by atoms with Gasteiger partial charge in [0.05, 0.1) is 12.3 Å². The molecule has 0 aromatic carbocycles. The van der Waals surface area contributed by atoms with E-state index in [-0.39, 0.29) is 5.88 Å². The standard InChI is InChI=1S/C10H8N4O3/c15-14(16)10-5-4-8(17-10)7-12-13-9-3-1-2-6-11-9/h1-7H,(H,11,13). The van der Waals surface area contributed by atoms with Gasteiger partial charge in [-0.15, -0.1) is 0 Å². The number of nitrogens with zero attached hydrogens (tertiary/aromatic N) is 3. The molecule has 0 aliphatic carbocycles. The van der Waals surface area contributed by atoms with E-state index in [2.05, 4.69) is 15.5 Å². The van der Waals surface area contributed by atoms with Gasteiger partial charge in [-0.25, -0.2) is 4.98 Å². The van der Waals surface area contributed by atoms with Crippen molar-refractivity contribution in [3.63, 3.8) is 0 Å². The SMILES string of the molecule is O=[N+]([O-])c1ccc(C=NNc2ccccn2)o1. The van der Waals surface area contributed by atoms with Crippen molar-refractivity contribution < 1.29 is 9.34 Å². The number of rotatable bonds is 4. The molecule has 0 aliphatic heterocycles. The normalized spacial score (nSPS) is 10.6. The van der Waals surface area contributed by atoms with Crippen molar-refractivity contribution in [2.75, 3.05) is 5.43 Å². The van der Waals surface area contributed by atoms with Gasteiger partial charge in [0.2, 0.25) is 0 Å². The smallest absolute Gasteiger partial charge is 0.400 e. The lowest BCUT2D eigenvalue weighted by atomic mass is 10.5. The third kappa shape index (κ3) is 2.88. The summed E-state index contributed by atoms with van der Waals surface area (Å²) in [5.74, 6) is 0.550. The number of anilines is 1. The molecule has 0 fully saturated rings. The van der Waals surface area contributed by atoms with Crippen LogP contribution < -0.4 is 5.43 Å². The Bertz CT molecular complexity index is 535. The predicted octanol–water partition coefficient (Wildman–Crippen LogP) is 2.03. The van der Waals surface area contributed by atoms with E-state index >= 15 is 0 Å². The second-order valence-electron chi connectivity index (χ2n) is 3.02. The van der Waals surface area contributed by atoms with Crippen LogP contribution in [0.15, 0.2) is 46.0 Å². The number of aromatic nitrogens is 1. The first-order chi connectivity index (χ1) is 8.25. The molecule has 86 valence electrons. The quantitative estimate of drug-likeness (QED) is 0.494. The summed E-state index contributed by atoms with van der Waals surface area (Å²) in [5.41, 5.74) is 2.66. The molecule has 0 radical (unpaired) electrons. The van der Waals surface area contributed by atoms with Crippen LogP contribution in [0.3, 0.4) is 0 Å². The molecule has 0 spiro atoms. The first-order valence-corrected chi connectivity index (χ1v) is 4.70. The zero-order chi connectivity index (χ0) is 12.1. The van der Waals surface area contributed by atoms with Crippen molar-refractivity contribution in [2.24, 2.45) is 5.10 Å². The summed E-state index contributed by atoms with van der Waals surface area (Å²) in [7, 11) is 0. The van der Waals surface area contributed by atoms with Crippen molar-refractivity contribution in [2.45, 2.75) is 0 Å². The van der Waals surface area contributed by atoms with E-state index in [4.69, 9.17) is 4.42 Å². The van der Waals surface area contributed by atoms with E-state index in [9.17, 15) is 10.1 Å². The van der Waals surface area contributed by atoms with Gasteiger partial charge in [-0.2, -0.15) is 5.10 Å². The number of nitro groups is 1. The van der Waals surface area contributed by atoms with Crippen LogP contribution in [-0.4, -0.2) is 16.1 Å². The maximum absolute atomic E-state index is 10.4. The summed E-state index contributed by atoms with van der Waals surface area (Å²) in [4.78, 5) is 13.7. The third-order valence-electron chi connectivity index (χ3n) is 1.83. The molecule has 2 heterocycles. The average molecular weight is 232 g/mol. The fraction of sp³-hybridized carbons (Fsp3) is 0. The van der Waals surface area contributed by atoms with Crippen molar-refractivity contribution >= 4 is 17.9 Å². The zero-order valence-electron chi connectivity index (χ0n) is 8.61. The fourth-order valence-corrected chi connectivity index (χ4v) is 1.10. The van der Waals surface area contributed by atoms with E-state index in [0.29, 0.717) is 11.6 Å².